The quantitative estimate of drug-likeness (QED) is 0.390. The van der Waals surface area contributed by atoms with Crippen LogP contribution in [0.1, 0.15) is 89.9 Å². The van der Waals surface area contributed by atoms with E-state index in [1.165, 1.54) is 19.8 Å². The second kappa shape index (κ2) is 10.0. The van der Waals surface area contributed by atoms with Crippen molar-refractivity contribution in [3.63, 3.8) is 0 Å². The van der Waals surface area contributed by atoms with E-state index in [-0.39, 0.29) is 28.7 Å². The molecule has 6 rings (SSSR count). The molecule has 3 atom stereocenters. The highest BCUT2D eigenvalue weighted by atomic mass is 16.5. The Kier molecular flexibility index (Phi) is 7.12. The Labute approximate surface area is 231 Å². The Morgan fingerprint density at radius 1 is 1.18 bits per heavy atom. The van der Waals surface area contributed by atoms with Crippen molar-refractivity contribution in [3.05, 3.63) is 11.8 Å². The molecule has 1 aromatic rings. The summed E-state index contributed by atoms with van der Waals surface area (Å²) in [6, 6.07) is 0.147. The third-order valence-electron chi connectivity index (χ3n) is 9.76. The fourth-order valence-corrected chi connectivity index (χ4v) is 8.33. The first-order valence-electron chi connectivity index (χ1n) is 14.5. The number of rotatable bonds is 11. The molecule has 216 valence electrons. The van der Waals surface area contributed by atoms with Crippen LogP contribution in [0.5, 0.6) is 5.88 Å². The fraction of sp³-hybridized carbons (Fsp3) is 0.793. The minimum atomic E-state index is -0.688. The lowest BCUT2D eigenvalue weighted by Gasteiger charge is -2.61. The van der Waals surface area contributed by atoms with Crippen LogP contribution < -0.4 is 21.1 Å². The van der Waals surface area contributed by atoms with Crippen LogP contribution >= 0.6 is 0 Å². The van der Waals surface area contributed by atoms with E-state index in [2.05, 4.69) is 29.6 Å². The number of carbonyl (C=O) groups excluding carboxylic acids is 3. The van der Waals surface area contributed by atoms with Gasteiger partial charge in [0.25, 0.3) is 5.91 Å². The fourth-order valence-electron chi connectivity index (χ4n) is 8.33. The minimum absolute atomic E-state index is 0.0535. The van der Waals surface area contributed by atoms with Crippen molar-refractivity contribution in [1.82, 2.24) is 20.4 Å². The minimum Gasteiger partial charge on any atom is -0.477 e. The molecule has 10 nitrogen and oxygen atoms in total. The second-order valence-electron chi connectivity index (χ2n) is 13.9. The van der Waals surface area contributed by atoms with Gasteiger partial charge in [0, 0.05) is 30.5 Å². The van der Waals surface area contributed by atoms with E-state index >= 15 is 0 Å². The van der Waals surface area contributed by atoms with Crippen LogP contribution in [-0.2, 0) is 16.1 Å². The highest BCUT2D eigenvalue weighted by Crippen LogP contribution is 2.75. The Bertz CT molecular complexity index is 1110. The number of primary amides is 1. The summed E-state index contributed by atoms with van der Waals surface area (Å²) < 4.78 is 13.2. The average molecular weight is 544 g/mol. The van der Waals surface area contributed by atoms with Crippen molar-refractivity contribution in [1.29, 1.82) is 0 Å². The number of aryl methyl sites for hydroxylation is 1. The molecule has 5 aliphatic carbocycles. The van der Waals surface area contributed by atoms with Crippen LogP contribution in [0.3, 0.4) is 0 Å². The molecule has 4 bridgehead atoms. The summed E-state index contributed by atoms with van der Waals surface area (Å²) in [6.07, 6.45) is 8.19. The molecule has 3 amide bonds. The first kappa shape index (κ1) is 27.8. The molecule has 3 unspecified atom stereocenters. The lowest BCUT2D eigenvalue weighted by atomic mass is 9.44. The summed E-state index contributed by atoms with van der Waals surface area (Å²) in [5.74, 6) is 2.34. The third-order valence-corrected chi connectivity index (χ3v) is 9.76. The molecule has 10 heteroatoms. The molecule has 0 radical (unpaired) electrons. The lowest BCUT2D eigenvalue weighted by Crippen LogP contribution is -2.56. The summed E-state index contributed by atoms with van der Waals surface area (Å²) in [4.78, 5) is 36.5. The van der Waals surface area contributed by atoms with Gasteiger partial charge in [-0.2, -0.15) is 5.10 Å². The van der Waals surface area contributed by atoms with Crippen LogP contribution in [0.4, 0.5) is 4.79 Å². The second-order valence-corrected chi connectivity index (χ2v) is 13.9. The van der Waals surface area contributed by atoms with Crippen molar-refractivity contribution in [2.75, 3.05) is 13.2 Å². The number of nitrogens with zero attached hydrogens (tertiary/aromatic N) is 2. The molecule has 1 heterocycles. The summed E-state index contributed by atoms with van der Waals surface area (Å²) in [6.45, 7) is 11.0. The molecule has 1 aromatic heterocycles. The molecule has 0 aromatic carbocycles. The zero-order valence-electron chi connectivity index (χ0n) is 24.0. The number of hydrogen-bond acceptors (Lipinski definition) is 6. The maximum absolute atomic E-state index is 13.6. The van der Waals surface area contributed by atoms with E-state index in [1.54, 1.807) is 10.9 Å². The number of hydrogen-bond donors (Lipinski definition) is 3. The summed E-state index contributed by atoms with van der Waals surface area (Å²) >= 11 is 0. The maximum atomic E-state index is 13.6. The molecule has 1 spiro atoms. The predicted octanol–water partition coefficient (Wildman–Crippen LogP) is 3.63. The number of carbonyl (C=O) groups is 3. The molecule has 5 aliphatic rings. The van der Waals surface area contributed by atoms with Crippen molar-refractivity contribution in [3.8, 4) is 5.88 Å². The molecule has 39 heavy (non-hydrogen) atoms. The SMILES string of the molecule is CC(=O)NC(C)(C)CCn1ncc(C(=O)NC2CC23C2CC4CC3CC(COC(N)=O)(C4)C2)c1OCC(C)C. The number of nitrogens with two attached hydrogens (primary N) is 1. The van der Waals surface area contributed by atoms with Gasteiger partial charge in [-0.15, -0.1) is 0 Å². The highest BCUT2D eigenvalue weighted by Gasteiger charge is 2.71. The normalized spacial score (nSPS) is 32.4. The molecule has 5 fully saturated rings. The average Bonchev–Trinajstić information content (AvgIpc) is 3.37. The lowest BCUT2D eigenvalue weighted by molar-refractivity contribution is -0.129. The summed E-state index contributed by atoms with van der Waals surface area (Å²) in [5.41, 5.74) is 5.55. The molecular weight excluding hydrogens is 498 g/mol. The van der Waals surface area contributed by atoms with Gasteiger partial charge >= 0.3 is 6.09 Å². The predicted molar refractivity (Wildman–Crippen MR) is 145 cm³/mol. The maximum Gasteiger partial charge on any atom is 0.404 e. The van der Waals surface area contributed by atoms with Gasteiger partial charge in [0.2, 0.25) is 11.8 Å². The monoisotopic (exact) mass is 543 g/mol. The van der Waals surface area contributed by atoms with Gasteiger partial charge in [-0.05, 0) is 87.9 Å². The van der Waals surface area contributed by atoms with Gasteiger partial charge in [-0.1, -0.05) is 13.8 Å². The van der Waals surface area contributed by atoms with Crippen molar-refractivity contribution in [2.45, 2.75) is 97.7 Å². The van der Waals surface area contributed by atoms with E-state index in [9.17, 15) is 14.4 Å². The molecule has 0 aliphatic heterocycles. The van der Waals surface area contributed by atoms with E-state index in [1.807, 2.05) is 13.8 Å². The van der Waals surface area contributed by atoms with Gasteiger partial charge in [0.15, 0.2) is 0 Å². The van der Waals surface area contributed by atoms with Gasteiger partial charge in [0.1, 0.15) is 5.56 Å². The van der Waals surface area contributed by atoms with Crippen LogP contribution in [0.2, 0.25) is 0 Å². The van der Waals surface area contributed by atoms with E-state index in [0.717, 1.165) is 25.7 Å². The Balaban J connectivity index is 1.27. The first-order valence-corrected chi connectivity index (χ1v) is 14.5. The molecule has 4 N–H and O–H groups in total. The van der Waals surface area contributed by atoms with Crippen molar-refractivity contribution >= 4 is 17.9 Å². The van der Waals surface area contributed by atoms with Crippen LogP contribution in [0, 0.1) is 34.5 Å². The molecule has 0 saturated heterocycles. The number of nitrogens with one attached hydrogen (secondary N) is 2. The number of amides is 3. The van der Waals surface area contributed by atoms with Gasteiger partial charge in [-0.25, -0.2) is 9.48 Å². The molecular formula is C29H45N5O5. The van der Waals surface area contributed by atoms with Crippen LogP contribution in [0.25, 0.3) is 0 Å². The Morgan fingerprint density at radius 2 is 1.87 bits per heavy atom. The number of ether oxygens (including phenoxy) is 2. The van der Waals surface area contributed by atoms with Crippen LogP contribution in [0.15, 0.2) is 6.20 Å². The zero-order valence-corrected chi connectivity index (χ0v) is 24.0. The smallest absolute Gasteiger partial charge is 0.404 e. The van der Waals surface area contributed by atoms with Crippen molar-refractivity contribution < 1.29 is 23.9 Å². The Morgan fingerprint density at radius 3 is 2.49 bits per heavy atom. The van der Waals surface area contributed by atoms with Crippen LogP contribution in [-0.4, -0.2) is 52.5 Å². The standard InChI is InChI=1S/C29H45N5O5/c1-17(2)15-38-25-22(14-31-34(25)7-6-27(4,5)33-18(3)35)24(36)32-23-13-29(23)20-8-19-9-21(29)12-28(10-19,11-20)16-39-26(30)37/h14,17,19-21,23H,6-13,15-16H2,1-5H3,(H2,30,37)(H,32,36)(H,33,35). The highest BCUT2D eigenvalue weighted by molar-refractivity contribution is 5.96. The Hall–Kier alpha value is -2.78. The van der Waals surface area contributed by atoms with E-state index < -0.39 is 11.6 Å². The first-order chi connectivity index (χ1) is 18.3. The molecule has 5 saturated carbocycles. The van der Waals surface area contributed by atoms with Crippen molar-refractivity contribution in [2.24, 2.45) is 40.2 Å². The zero-order chi connectivity index (χ0) is 28.2. The topological polar surface area (TPSA) is 138 Å². The van der Waals surface area contributed by atoms with E-state index in [0.29, 0.717) is 61.3 Å². The largest absolute Gasteiger partial charge is 0.477 e. The third kappa shape index (κ3) is 5.48. The number of aromatic nitrogens is 2. The van der Waals surface area contributed by atoms with Gasteiger partial charge in [0.05, 0.1) is 19.4 Å². The summed E-state index contributed by atoms with van der Waals surface area (Å²) in [5, 5.41) is 10.8. The summed E-state index contributed by atoms with van der Waals surface area (Å²) in [7, 11) is 0. The van der Waals surface area contributed by atoms with Gasteiger partial charge in [-0.3, -0.25) is 9.59 Å². The van der Waals surface area contributed by atoms with Gasteiger partial charge < -0.3 is 25.8 Å². The van der Waals surface area contributed by atoms with E-state index in [4.69, 9.17) is 15.2 Å².